The third-order valence-electron chi connectivity index (χ3n) is 3.86. The molecule has 1 aromatic carbocycles. The predicted molar refractivity (Wildman–Crippen MR) is 71.3 cm³/mol. The van der Waals surface area contributed by atoms with Crippen LogP contribution in [0.15, 0.2) is 17.0 Å². The van der Waals surface area contributed by atoms with Crippen molar-refractivity contribution < 1.29 is 17.2 Å². The maximum Gasteiger partial charge on any atom is 0.246 e. The first-order valence-corrected chi connectivity index (χ1v) is 7.89. The van der Waals surface area contributed by atoms with E-state index in [0.717, 1.165) is 12.1 Å². The van der Waals surface area contributed by atoms with Crippen molar-refractivity contribution in [2.45, 2.75) is 25.3 Å². The van der Waals surface area contributed by atoms with Gasteiger partial charge in [0.15, 0.2) is 11.6 Å². The van der Waals surface area contributed by atoms with E-state index in [-0.39, 0.29) is 23.9 Å². The Balaban J connectivity index is 2.47. The number of sulfonamides is 1. The van der Waals surface area contributed by atoms with Crippen molar-refractivity contribution in [3.63, 3.8) is 0 Å². The molecule has 1 fully saturated rings. The second kappa shape index (κ2) is 5.38. The number of hydrogen-bond acceptors (Lipinski definition) is 3. The fourth-order valence-corrected chi connectivity index (χ4v) is 4.10. The highest BCUT2D eigenvalue weighted by Gasteiger charge is 2.37. The third-order valence-corrected chi connectivity index (χ3v) is 5.69. The van der Waals surface area contributed by atoms with Gasteiger partial charge in [-0.1, -0.05) is 13.8 Å². The minimum atomic E-state index is -4.03. The van der Waals surface area contributed by atoms with Crippen molar-refractivity contribution in [2.24, 2.45) is 17.6 Å². The van der Waals surface area contributed by atoms with Crippen LogP contribution in [0.3, 0.4) is 0 Å². The number of hydrogen-bond donors (Lipinski definition) is 1. The molecule has 0 radical (unpaired) electrons. The molecule has 0 bridgehead atoms. The van der Waals surface area contributed by atoms with E-state index in [1.54, 1.807) is 0 Å². The smallest absolute Gasteiger partial charge is 0.246 e. The van der Waals surface area contributed by atoms with E-state index in [1.165, 1.54) is 4.31 Å². The van der Waals surface area contributed by atoms with Crippen molar-refractivity contribution in [3.05, 3.63) is 29.3 Å². The molecule has 0 aromatic heterocycles. The molecule has 112 valence electrons. The zero-order chi connectivity index (χ0) is 15.1. The normalized spacial score (nSPS) is 24.2. The van der Waals surface area contributed by atoms with Crippen molar-refractivity contribution in [2.75, 3.05) is 13.1 Å². The van der Waals surface area contributed by atoms with Crippen molar-refractivity contribution in [1.82, 2.24) is 4.31 Å². The molecule has 4 nitrogen and oxygen atoms in total. The van der Waals surface area contributed by atoms with E-state index >= 15 is 0 Å². The SMILES string of the molecule is CC1CN(S(=O)(=O)c2cc(CN)cc(F)c2F)CC1C. The summed E-state index contributed by atoms with van der Waals surface area (Å²) < 4.78 is 53.4. The lowest BCUT2D eigenvalue weighted by Crippen LogP contribution is -2.30. The Hall–Kier alpha value is -1.05. The Morgan fingerprint density at radius 1 is 1.25 bits per heavy atom. The summed E-state index contributed by atoms with van der Waals surface area (Å²) in [4.78, 5) is -0.626. The molecule has 0 spiro atoms. The predicted octanol–water partition coefficient (Wildman–Crippen LogP) is 1.70. The molecule has 0 amide bonds. The van der Waals surface area contributed by atoms with Crippen molar-refractivity contribution in [3.8, 4) is 0 Å². The summed E-state index contributed by atoms with van der Waals surface area (Å²) >= 11 is 0. The summed E-state index contributed by atoms with van der Waals surface area (Å²) in [7, 11) is -4.03. The van der Waals surface area contributed by atoms with Crippen LogP contribution < -0.4 is 5.73 Å². The Bertz CT molecular complexity index is 609. The summed E-state index contributed by atoms with van der Waals surface area (Å²) in [5.74, 6) is -2.15. The fraction of sp³-hybridized carbons (Fsp3) is 0.538. The minimum Gasteiger partial charge on any atom is -0.326 e. The molecular weight excluding hydrogens is 286 g/mol. The van der Waals surface area contributed by atoms with Gasteiger partial charge in [-0.3, -0.25) is 0 Å². The van der Waals surface area contributed by atoms with Crippen LogP contribution in [0.4, 0.5) is 8.78 Å². The zero-order valence-corrected chi connectivity index (χ0v) is 12.3. The largest absolute Gasteiger partial charge is 0.326 e. The summed E-state index contributed by atoms with van der Waals surface area (Å²) in [6.45, 7) is 4.46. The molecular formula is C13H18F2N2O2S. The highest BCUT2D eigenvalue weighted by atomic mass is 32.2. The van der Waals surface area contributed by atoms with Gasteiger partial charge < -0.3 is 5.73 Å². The Morgan fingerprint density at radius 2 is 1.80 bits per heavy atom. The molecule has 2 atom stereocenters. The van der Waals surface area contributed by atoms with Gasteiger partial charge in [0, 0.05) is 19.6 Å². The molecule has 20 heavy (non-hydrogen) atoms. The van der Waals surface area contributed by atoms with Crippen LogP contribution in [0, 0.1) is 23.5 Å². The van der Waals surface area contributed by atoms with Crippen LogP contribution in [0.5, 0.6) is 0 Å². The van der Waals surface area contributed by atoms with Crippen LogP contribution in [-0.4, -0.2) is 25.8 Å². The highest BCUT2D eigenvalue weighted by molar-refractivity contribution is 7.89. The van der Waals surface area contributed by atoms with Gasteiger partial charge in [-0.25, -0.2) is 17.2 Å². The quantitative estimate of drug-likeness (QED) is 0.924. The molecule has 1 aromatic rings. The molecule has 0 saturated carbocycles. The second-order valence-electron chi connectivity index (χ2n) is 5.37. The fourth-order valence-electron chi connectivity index (χ4n) is 2.33. The van der Waals surface area contributed by atoms with Crippen LogP contribution in [0.25, 0.3) is 0 Å². The lowest BCUT2D eigenvalue weighted by atomic mass is 10.0. The van der Waals surface area contributed by atoms with Gasteiger partial charge in [-0.05, 0) is 29.5 Å². The van der Waals surface area contributed by atoms with Gasteiger partial charge in [0.2, 0.25) is 10.0 Å². The lowest BCUT2D eigenvalue weighted by molar-refractivity contribution is 0.444. The van der Waals surface area contributed by atoms with Crippen LogP contribution >= 0.6 is 0 Å². The van der Waals surface area contributed by atoms with Gasteiger partial charge in [-0.15, -0.1) is 0 Å². The standard InChI is InChI=1S/C13H18F2N2O2S/c1-8-6-17(7-9(8)2)20(18,19)12-4-10(5-16)3-11(14)13(12)15/h3-4,8-9H,5-7,16H2,1-2H3. The van der Waals surface area contributed by atoms with E-state index in [2.05, 4.69) is 0 Å². The molecule has 1 aliphatic rings. The molecule has 1 aliphatic heterocycles. The second-order valence-corrected chi connectivity index (χ2v) is 7.28. The van der Waals surface area contributed by atoms with Crippen molar-refractivity contribution in [1.29, 1.82) is 0 Å². The highest BCUT2D eigenvalue weighted by Crippen LogP contribution is 2.30. The van der Waals surface area contributed by atoms with E-state index in [4.69, 9.17) is 5.73 Å². The number of benzene rings is 1. The van der Waals surface area contributed by atoms with E-state index in [9.17, 15) is 17.2 Å². The van der Waals surface area contributed by atoms with Gasteiger partial charge in [0.05, 0.1) is 0 Å². The monoisotopic (exact) mass is 304 g/mol. The molecule has 1 saturated heterocycles. The summed E-state index contributed by atoms with van der Waals surface area (Å²) in [5.41, 5.74) is 5.63. The van der Waals surface area contributed by atoms with Crippen LogP contribution in [0.2, 0.25) is 0 Å². The average Bonchev–Trinajstić information content (AvgIpc) is 2.73. The Labute approximate surface area is 117 Å². The van der Waals surface area contributed by atoms with Crippen molar-refractivity contribution >= 4 is 10.0 Å². The first-order chi connectivity index (χ1) is 9.27. The minimum absolute atomic E-state index is 0.0491. The van der Waals surface area contributed by atoms with E-state index in [0.29, 0.717) is 13.1 Å². The van der Waals surface area contributed by atoms with Gasteiger partial charge in [0.25, 0.3) is 0 Å². The topological polar surface area (TPSA) is 63.4 Å². The summed E-state index contributed by atoms with van der Waals surface area (Å²) in [6, 6.07) is 2.03. The molecule has 1 heterocycles. The first-order valence-electron chi connectivity index (χ1n) is 6.45. The zero-order valence-electron chi connectivity index (χ0n) is 11.4. The number of nitrogens with two attached hydrogens (primary N) is 1. The van der Waals surface area contributed by atoms with Gasteiger partial charge >= 0.3 is 0 Å². The first kappa shape index (κ1) is 15.3. The number of halogens is 2. The van der Waals surface area contributed by atoms with Gasteiger partial charge in [-0.2, -0.15) is 4.31 Å². The number of rotatable bonds is 3. The Kier molecular flexibility index (Phi) is 4.13. The third kappa shape index (κ3) is 2.57. The molecule has 7 heteroatoms. The molecule has 0 aliphatic carbocycles. The lowest BCUT2D eigenvalue weighted by Gasteiger charge is -2.17. The van der Waals surface area contributed by atoms with E-state index < -0.39 is 26.6 Å². The summed E-state index contributed by atoms with van der Waals surface area (Å²) in [5, 5.41) is 0. The maximum absolute atomic E-state index is 13.8. The Morgan fingerprint density at radius 3 is 2.30 bits per heavy atom. The summed E-state index contributed by atoms with van der Waals surface area (Å²) in [6.07, 6.45) is 0. The maximum atomic E-state index is 13.8. The molecule has 2 unspecified atom stereocenters. The van der Waals surface area contributed by atoms with Gasteiger partial charge in [0.1, 0.15) is 4.90 Å². The van der Waals surface area contributed by atoms with Crippen LogP contribution in [0.1, 0.15) is 19.4 Å². The van der Waals surface area contributed by atoms with Crippen LogP contribution in [-0.2, 0) is 16.6 Å². The molecule has 2 N–H and O–H groups in total. The number of nitrogens with zero attached hydrogens (tertiary/aromatic N) is 1. The molecule has 2 rings (SSSR count). The van der Waals surface area contributed by atoms with E-state index in [1.807, 2.05) is 13.8 Å². The average molecular weight is 304 g/mol.